The van der Waals surface area contributed by atoms with Gasteiger partial charge in [0.15, 0.2) is 0 Å². The van der Waals surface area contributed by atoms with E-state index in [2.05, 4.69) is 31.9 Å². The van der Waals surface area contributed by atoms with Crippen molar-refractivity contribution in [3.63, 3.8) is 0 Å². The van der Waals surface area contributed by atoms with Crippen molar-refractivity contribution in [2.24, 2.45) is 0 Å². The molecule has 7 heteroatoms. The molecule has 1 aliphatic rings. The van der Waals surface area contributed by atoms with Gasteiger partial charge in [-0.2, -0.15) is 0 Å². The van der Waals surface area contributed by atoms with Crippen molar-refractivity contribution in [3.8, 4) is 0 Å². The minimum Gasteiger partial charge on any atom is -0.312 e. The first-order valence-electron chi connectivity index (χ1n) is 7.44. The van der Waals surface area contributed by atoms with E-state index in [0.29, 0.717) is 6.04 Å². The lowest BCUT2D eigenvalue weighted by Crippen LogP contribution is -2.17. The van der Waals surface area contributed by atoms with Gasteiger partial charge < -0.3 is 5.32 Å². The molecular formula is C14H20N6S. The van der Waals surface area contributed by atoms with E-state index in [-0.39, 0.29) is 0 Å². The van der Waals surface area contributed by atoms with Gasteiger partial charge in [-0.1, -0.05) is 30.7 Å². The number of thioether (sulfide) groups is 1. The maximum Gasteiger partial charge on any atom is 0.209 e. The van der Waals surface area contributed by atoms with Gasteiger partial charge in [0.25, 0.3) is 0 Å². The second-order valence-electron chi connectivity index (χ2n) is 5.23. The Morgan fingerprint density at radius 3 is 3.05 bits per heavy atom. The molecule has 2 aromatic rings. The molecule has 0 amide bonds. The predicted octanol–water partition coefficient (Wildman–Crippen LogP) is 2.07. The first-order chi connectivity index (χ1) is 10.4. The Kier molecular flexibility index (Phi) is 5.18. The monoisotopic (exact) mass is 304 g/mol. The highest BCUT2D eigenvalue weighted by Gasteiger charge is 2.21. The molecule has 1 fully saturated rings. The Morgan fingerprint density at radius 2 is 2.24 bits per heavy atom. The number of hydrogen-bond donors (Lipinski definition) is 1. The molecule has 112 valence electrons. The van der Waals surface area contributed by atoms with E-state index < -0.39 is 0 Å². The van der Waals surface area contributed by atoms with E-state index >= 15 is 0 Å². The van der Waals surface area contributed by atoms with Gasteiger partial charge in [-0.05, 0) is 34.9 Å². The van der Waals surface area contributed by atoms with Crippen LogP contribution in [0, 0.1) is 0 Å². The van der Waals surface area contributed by atoms with E-state index in [1.165, 1.54) is 31.2 Å². The zero-order valence-corrected chi connectivity index (χ0v) is 12.8. The molecule has 0 radical (unpaired) electrons. The summed E-state index contributed by atoms with van der Waals surface area (Å²) in [5, 5.41) is 16.5. The molecule has 0 spiro atoms. The summed E-state index contributed by atoms with van der Waals surface area (Å²) in [4.78, 5) is 4.10. The Labute approximate surface area is 128 Å². The summed E-state index contributed by atoms with van der Waals surface area (Å²) in [6.45, 7) is 1.78. The average Bonchev–Trinajstić information content (AvgIpc) is 3.19. The number of nitrogens with one attached hydrogen (secondary N) is 1. The predicted molar refractivity (Wildman–Crippen MR) is 82.0 cm³/mol. The number of hydrogen-bond acceptors (Lipinski definition) is 6. The highest BCUT2D eigenvalue weighted by Crippen LogP contribution is 2.31. The molecule has 1 saturated carbocycles. The third-order valence-corrected chi connectivity index (χ3v) is 4.63. The van der Waals surface area contributed by atoms with Crippen LogP contribution in [0.5, 0.6) is 0 Å². The normalized spacial score (nSPS) is 15.6. The SMILES string of the molecule is c1cncc(CNCCSc2nnnn2C2CCCC2)c1. The van der Waals surface area contributed by atoms with Crippen LogP contribution in [0.2, 0.25) is 0 Å². The van der Waals surface area contributed by atoms with Crippen LogP contribution in [0.1, 0.15) is 37.3 Å². The van der Waals surface area contributed by atoms with Crippen molar-refractivity contribution in [1.29, 1.82) is 0 Å². The summed E-state index contributed by atoms with van der Waals surface area (Å²) in [5.41, 5.74) is 1.21. The van der Waals surface area contributed by atoms with Gasteiger partial charge in [0.05, 0.1) is 6.04 Å². The largest absolute Gasteiger partial charge is 0.312 e. The summed E-state index contributed by atoms with van der Waals surface area (Å²) in [6, 6.07) is 4.54. The smallest absolute Gasteiger partial charge is 0.209 e. The molecule has 0 bridgehead atoms. The summed E-state index contributed by atoms with van der Waals surface area (Å²) < 4.78 is 2.01. The summed E-state index contributed by atoms with van der Waals surface area (Å²) in [6.07, 6.45) is 8.68. The number of tetrazole rings is 1. The van der Waals surface area contributed by atoms with E-state index in [9.17, 15) is 0 Å². The molecule has 1 N–H and O–H groups in total. The van der Waals surface area contributed by atoms with Crippen LogP contribution in [0.25, 0.3) is 0 Å². The first-order valence-corrected chi connectivity index (χ1v) is 8.42. The molecule has 21 heavy (non-hydrogen) atoms. The van der Waals surface area contributed by atoms with Gasteiger partial charge in [0, 0.05) is 31.2 Å². The first kappa shape index (κ1) is 14.5. The standard InChI is InChI=1S/C14H20N6S/c1-2-6-13(5-1)20-14(17-18-19-20)21-9-8-16-11-12-4-3-7-15-10-12/h3-4,7,10,13,16H,1-2,5-6,8-9,11H2. The van der Waals surface area contributed by atoms with Gasteiger partial charge >= 0.3 is 0 Å². The van der Waals surface area contributed by atoms with Gasteiger partial charge in [0.1, 0.15) is 0 Å². The molecule has 0 atom stereocenters. The second-order valence-corrected chi connectivity index (χ2v) is 6.29. The van der Waals surface area contributed by atoms with Crippen LogP contribution >= 0.6 is 11.8 Å². The molecule has 3 rings (SSSR count). The van der Waals surface area contributed by atoms with Crippen LogP contribution in [0.4, 0.5) is 0 Å². The Balaban J connectivity index is 1.40. The fraction of sp³-hybridized carbons (Fsp3) is 0.571. The molecule has 0 aromatic carbocycles. The Bertz CT molecular complexity index is 537. The average molecular weight is 304 g/mol. The Hall–Kier alpha value is -1.47. The molecule has 2 aromatic heterocycles. The van der Waals surface area contributed by atoms with Gasteiger partial charge in [-0.25, -0.2) is 4.68 Å². The highest BCUT2D eigenvalue weighted by molar-refractivity contribution is 7.99. The van der Waals surface area contributed by atoms with Gasteiger partial charge in [-0.15, -0.1) is 5.10 Å². The molecule has 6 nitrogen and oxygen atoms in total. The topological polar surface area (TPSA) is 68.5 Å². The Morgan fingerprint density at radius 1 is 1.33 bits per heavy atom. The molecular weight excluding hydrogens is 284 g/mol. The van der Waals surface area contributed by atoms with E-state index in [1.54, 1.807) is 18.0 Å². The minimum absolute atomic E-state index is 0.505. The molecule has 0 aliphatic heterocycles. The lowest BCUT2D eigenvalue weighted by molar-refractivity contribution is 0.423. The fourth-order valence-corrected chi connectivity index (χ4v) is 3.45. The zero-order valence-electron chi connectivity index (χ0n) is 12.0. The third-order valence-electron chi connectivity index (χ3n) is 3.70. The summed E-state index contributed by atoms with van der Waals surface area (Å²) >= 11 is 1.72. The van der Waals surface area contributed by atoms with Crippen molar-refractivity contribution >= 4 is 11.8 Å². The van der Waals surface area contributed by atoms with Crippen molar-refractivity contribution in [3.05, 3.63) is 30.1 Å². The third kappa shape index (κ3) is 4.01. The van der Waals surface area contributed by atoms with Crippen molar-refractivity contribution in [2.75, 3.05) is 12.3 Å². The summed E-state index contributed by atoms with van der Waals surface area (Å²) in [5.74, 6) is 0.966. The molecule has 2 heterocycles. The van der Waals surface area contributed by atoms with Crippen LogP contribution in [0.15, 0.2) is 29.7 Å². The van der Waals surface area contributed by atoms with Crippen molar-refractivity contribution in [2.45, 2.75) is 43.4 Å². The van der Waals surface area contributed by atoms with Crippen molar-refractivity contribution in [1.82, 2.24) is 30.5 Å². The maximum absolute atomic E-state index is 4.15. The number of rotatable bonds is 7. The van der Waals surface area contributed by atoms with E-state index in [1.807, 2.05) is 16.9 Å². The lowest BCUT2D eigenvalue weighted by atomic mass is 10.3. The van der Waals surface area contributed by atoms with Crippen LogP contribution < -0.4 is 5.32 Å². The second kappa shape index (κ2) is 7.51. The highest BCUT2D eigenvalue weighted by atomic mass is 32.2. The minimum atomic E-state index is 0.505. The van der Waals surface area contributed by atoms with Crippen LogP contribution in [-0.2, 0) is 6.54 Å². The van der Waals surface area contributed by atoms with E-state index in [0.717, 1.165) is 24.0 Å². The van der Waals surface area contributed by atoms with Crippen molar-refractivity contribution < 1.29 is 0 Å². The molecule has 0 unspecified atom stereocenters. The molecule has 1 aliphatic carbocycles. The maximum atomic E-state index is 4.15. The quantitative estimate of drug-likeness (QED) is 0.624. The fourth-order valence-electron chi connectivity index (χ4n) is 2.61. The van der Waals surface area contributed by atoms with Gasteiger partial charge in [-0.3, -0.25) is 4.98 Å². The number of aromatic nitrogens is 5. The van der Waals surface area contributed by atoms with Crippen LogP contribution in [-0.4, -0.2) is 37.5 Å². The molecule has 0 saturated heterocycles. The number of nitrogens with zero attached hydrogens (tertiary/aromatic N) is 5. The zero-order chi connectivity index (χ0) is 14.3. The van der Waals surface area contributed by atoms with Crippen LogP contribution in [0.3, 0.4) is 0 Å². The van der Waals surface area contributed by atoms with E-state index in [4.69, 9.17) is 0 Å². The van der Waals surface area contributed by atoms with Gasteiger partial charge in [0.2, 0.25) is 5.16 Å². The lowest BCUT2D eigenvalue weighted by Gasteiger charge is -2.10. The number of pyridine rings is 1. The summed E-state index contributed by atoms with van der Waals surface area (Å²) in [7, 11) is 0.